The molecule has 28 heavy (non-hydrogen) atoms. The lowest BCUT2D eigenvalue weighted by Crippen LogP contribution is -2.26. The molecule has 5 nitrogen and oxygen atoms in total. The van der Waals surface area contributed by atoms with E-state index < -0.39 is 5.97 Å². The molecule has 0 amide bonds. The number of aromatic nitrogens is 2. The Balaban J connectivity index is 1.89. The van der Waals surface area contributed by atoms with Crippen molar-refractivity contribution in [2.75, 3.05) is 0 Å². The first-order valence-electron chi connectivity index (χ1n) is 8.55. The van der Waals surface area contributed by atoms with Crippen molar-refractivity contribution >= 4 is 39.1 Å². The highest BCUT2D eigenvalue weighted by atomic mass is 35.5. The van der Waals surface area contributed by atoms with Crippen LogP contribution in [0.25, 0.3) is 10.2 Å². The van der Waals surface area contributed by atoms with Gasteiger partial charge in [0.2, 0.25) is 0 Å². The molecule has 2 heterocycles. The molecule has 0 unspecified atom stereocenters. The van der Waals surface area contributed by atoms with E-state index in [-0.39, 0.29) is 23.1 Å². The Labute approximate surface area is 169 Å². The zero-order chi connectivity index (χ0) is 19.7. The van der Waals surface area contributed by atoms with Crippen LogP contribution in [-0.4, -0.2) is 20.6 Å². The number of halogens is 1. The molecule has 0 bridgehead atoms. The predicted octanol–water partition coefficient (Wildman–Crippen LogP) is 4.45. The zero-order valence-electron chi connectivity index (χ0n) is 14.6. The van der Waals surface area contributed by atoms with E-state index in [1.807, 2.05) is 42.5 Å². The van der Waals surface area contributed by atoms with Gasteiger partial charge in [-0.2, -0.15) is 0 Å². The summed E-state index contributed by atoms with van der Waals surface area (Å²) in [5.41, 5.74) is 1.56. The lowest BCUT2D eigenvalue weighted by Gasteiger charge is -2.13. The number of aromatic carboxylic acids is 1. The topological polar surface area (TPSA) is 72.2 Å². The quantitative estimate of drug-likeness (QED) is 0.527. The number of fused-ring (bicyclic) bond motifs is 1. The van der Waals surface area contributed by atoms with E-state index in [0.717, 1.165) is 11.1 Å². The van der Waals surface area contributed by atoms with Crippen LogP contribution in [0.1, 0.15) is 27.3 Å². The molecule has 2 aromatic carbocycles. The van der Waals surface area contributed by atoms with Crippen LogP contribution in [0.4, 0.5) is 0 Å². The van der Waals surface area contributed by atoms with Crippen molar-refractivity contribution in [1.82, 2.24) is 9.55 Å². The number of hydrogen-bond donors (Lipinski definition) is 1. The van der Waals surface area contributed by atoms with Crippen LogP contribution < -0.4 is 5.56 Å². The smallest absolute Gasteiger partial charge is 0.337 e. The fraction of sp³-hybridized carbons (Fsp3) is 0.0952. The van der Waals surface area contributed by atoms with E-state index in [1.54, 1.807) is 16.7 Å². The van der Waals surface area contributed by atoms with Gasteiger partial charge in [0.15, 0.2) is 0 Å². The number of nitrogens with zero attached hydrogens (tertiary/aromatic N) is 2. The van der Waals surface area contributed by atoms with E-state index in [0.29, 0.717) is 22.1 Å². The van der Waals surface area contributed by atoms with Gasteiger partial charge in [-0.1, -0.05) is 54.1 Å². The molecule has 4 aromatic rings. The average molecular weight is 411 g/mol. The minimum Gasteiger partial charge on any atom is -0.478 e. The summed E-state index contributed by atoms with van der Waals surface area (Å²) in [6, 6.07) is 17.0. The first-order chi connectivity index (χ1) is 13.5. The van der Waals surface area contributed by atoms with Crippen molar-refractivity contribution in [2.45, 2.75) is 13.0 Å². The molecule has 0 aliphatic heterocycles. The van der Waals surface area contributed by atoms with Crippen LogP contribution in [-0.2, 0) is 13.0 Å². The number of benzene rings is 2. The molecule has 0 aliphatic carbocycles. The molecule has 7 heteroatoms. The Kier molecular flexibility index (Phi) is 4.98. The molecule has 4 rings (SSSR count). The summed E-state index contributed by atoms with van der Waals surface area (Å²) in [5, 5.41) is 11.7. The third kappa shape index (κ3) is 3.56. The minimum atomic E-state index is -1.13. The molecular weight excluding hydrogens is 396 g/mol. The molecule has 140 valence electrons. The Morgan fingerprint density at radius 1 is 1.07 bits per heavy atom. The summed E-state index contributed by atoms with van der Waals surface area (Å²) in [6.45, 7) is 0.288. The molecule has 0 atom stereocenters. The largest absolute Gasteiger partial charge is 0.478 e. The Morgan fingerprint density at radius 2 is 1.79 bits per heavy atom. The van der Waals surface area contributed by atoms with Crippen molar-refractivity contribution < 1.29 is 9.90 Å². The van der Waals surface area contributed by atoms with E-state index in [4.69, 9.17) is 11.6 Å². The van der Waals surface area contributed by atoms with E-state index in [9.17, 15) is 14.7 Å². The highest BCUT2D eigenvalue weighted by molar-refractivity contribution is 7.17. The van der Waals surface area contributed by atoms with Gasteiger partial charge in [-0.15, -0.1) is 11.3 Å². The number of rotatable bonds is 5. The SMILES string of the molecule is O=C(O)c1csc2nc(Cc3ccccc3)n(Cc3ccc(Cl)cc3)c(=O)c12. The molecule has 0 radical (unpaired) electrons. The lowest BCUT2D eigenvalue weighted by atomic mass is 10.1. The van der Waals surface area contributed by atoms with Gasteiger partial charge < -0.3 is 5.11 Å². The number of carbonyl (C=O) groups is 1. The van der Waals surface area contributed by atoms with Crippen LogP contribution in [0.2, 0.25) is 5.02 Å². The van der Waals surface area contributed by atoms with Gasteiger partial charge in [-0.3, -0.25) is 9.36 Å². The lowest BCUT2D eigenvalue weighted by molar-refractivity contribution is 0.0699. The molecule has 0 saturated carbocycles. The first-order valence-corrected chi connectivity index (χ1v) is 9.81. The fourth-order valence-electron chi connectivity index (χ4n) is 3.07. The average Bonchev–Trinajstić information content (AvgIpc) is 3.11. The second kappa shape index (κ2) is 7.58. The second-order valence-electron chi connectivity index (χ2n) is 6.34. The summed E-state index contributed by atoms with van der Waals surface area (Å²) in [4.78, 5) is 29.9. The van der Waals surface area contributed by atoms with Crippen LogP contribution in [0.3, 0.4) is 0 Å². The summed E-state index contributed by atoms with van der Waals surface area (Å²) >= 11 is 7.13. The molecule has 0 saturated heterocycles. The molecule has 0 fully saturated rings. The molecule has 0 spiro atoms. The maximum atomic E-state index is 13.2. The van der Waals surface area contributed by atoms with Gasteiger partial charge >= 0.3 is 5.97 Å². The van der Waals surface area contributed by atoms with Crippen LogP contribution in [0.5, 0.6) is 0 Å². The minimum absolute atomic E-state index is 0.00591. The first kappa shape index (κ1) is 18.4. The van der Waals surface area contributed by atoms with Gasteiger partial charge in [-0.05, 0) is 23.3 Å². The standard InChI is InChI=1S/C21H15ClN2O3S/c22-15-8-6-14(7-9-15)11-24-17(10-13-4-2-1-3-5-13)23-19-18(20(24)25)16(12-28-19)21(26)27/h1-9,12H,10-11H2,(H,26,27). The summed E-state index contributed by atoms with van der Waals surface area (Å²) < 4.78 is 1.55. The van der Waals surface area contributed by atoms with Crippen molar-refractivity contribution in [2.24, 2.45) is 0 Å². The van der Waals surface area contributed by atoms with Gasteiger partial charge in [0.1, 0.15) is 10.7 Å². The van der Waals surface area contributed by atoms with Gasteiger partial charge in [-0.25, -0.2) is 9.78 Å². The summed E-state index contributed by atoms with van der Waals surface area (Å²) in [6.07, 6.45) is 0.472. The van der Waals surface area contributed by atoms with E-state index in [2.05, 4.69) is 4.98 Å². The summed E-state index contributed by atoms with van der Waals surface area (Å²) in [5.74, 6) is -0.531. The number of carboxylic acid groups (broad SMARTS) is 1. The highest BCUT2D eigenvalue weighted by Gasteiger charge is 2.20. The third-order valence-electron chi connectivity index (χ3n) is 4.46. The number of hydrogen-bond acceptors (Lipinski definition) is 4. The Hall–Kier alpha value is -2.96. The van der Waals surface area contributed by atoms with Crippen LogP contribution in [0.15, 0.2) is 64.8 Å². The Morgan fingerprint density at radius 3 is 2.46 bits per heavy atom. The van der Waals surface area contributed by atoms with Crippen molar-refractivity contribution in [3.63, 3.8) is 0 Å². The molecule has 1 N–H and O–H groups in total. The van der Waals surface area contributed by atoms with Gasteiger partial charge in [0, 0.05) is 16.8 Å². The predicted molar refractivity (Wildman–Crippen MR) is 111 cm³/mol. The van der Waals surface area contributed by atoms with Crippen LogP contribution >= 0.6 is 22.9 Å². The van der Waals surface area contributed by atoms with Gasteiger partial charge in [0.25, 0.3) is 5.56 Å². The maximum absolute atomic E-state index is 13.2. The van der Waals surface area contributed by atoms with Gasteiger partial charge in [0.05, 0.1) is 17.5 Å². The highest BCUT2D eigenvalue weighted by Crippen LogP contribution is 2.23. The fourth-order valence-corrected chi connectivity index (χ4v) is 4.12. The van der Waals surface area contributed by atoms with Crippen molar-refractivity contribution in [3.8, 4) is 0 Å². The number of carboxylic acids is 1. The number of thiophene rings is 1. The monoisotopic (exact) mass is 410 g/mol. The normalized spacial score (nSPS) is 11.0. The van der Waals surface area contributed by atoms with E-state index in [1.165, 1.54) is 16.7 Å². The Bertz CT molecular complexity index is 1210. The molecule has 0 aliphatic rings. The van der Waals surface area contributed by atoms with Crippen molar-refractivity contribution in [3.05, 3.63) is 97.9 Å². The molecule has 2 aromatic heterocycles. The summed E-state index contributed by atoms with van der Waals surface area (Å²) in [7, 11) is 0. The third-order valence-corrected chi connectivity index (χ3v) is 5.59. The maximum Gasteiger partial charge on any atom is 0.337 e. The molecular formula is C21H15ClN2O3S. The van der Waals surface area contributed by atoms with Crippen molar-refractivity contribution in [1.29, 1.82) is 0 Å². The van der Waals surface area contributed by atoms with E-state index >= 15 is 0 Å². The van der Waals surface area contributed by atoms with Crippen LogP contribution in [0, 0.1) is 0 Å². The zero-order valence-corrected chi connectivity index (χ0v) is 16.2. The second-order valence-corrected chi connectivity index (χ2v) is 7.64.